The van der Waals surface area contributed by atoms with Gasteiger partial charge in [-0.05, 0) is 6.92 Å². The maximum absolute atomic E-state index is 11.0. The van der Waals surface area contributed by atoms with Crippen LogP contribution in [0.4, 0.5) is 0 Å². The summed E-state index contributed by atoms with van der Waals surface area (Å²) in [6, 6.07) is 0. The zero-order chi connectivity index (χ0) is 17.0. The summed E-state index contributed by atoms with van der Waals surface area (Å²) in [4.78, 5) is 11.0. The molecule has 0 aromatic heterocycles. The summed E-state index contributed by atoms with van der Waals surface area (Å²) in [5.41, 5.74) is 0. The van der Waals surface area contributed by atoms with E-state index in [-0.39, 0.29) is 6.29 Å². The Morgan fingerprint density at radius 1 is 1.09 bits per heavy atom. The highest BCUT2D eigenvalue weighted by molar-refractivity contribution is 5.57. The van der Waals surface area contributed by atoms with Crippen LogP contribution in [0.5, 0.6) is 0 Å². The fraction of sp³-hybridized carbons (Fsp3) is 0.917. The van der Waals surface area contributed by atoms with Gasteiger partial charge in [0.2, 0.25) is 0 Å². The summed E-state index contributed by atoms with van der Waals surface area (Å²) in [6.45, 7) is 0.543. The van der Waals surface area contributed by atoms with Gasteiger partial charge in [-0.1, -0.05) is 0 Å². The average molecular weight is 326 g/mol. The Hall–Kier alpha value is -0.690. The van der Waals surface area contributed by atoms with E-state index in [2.05, 4.69) is 0 Å². The molecular formula is C12H22O10. The molecule has 10 heteroatoms. The molecule has 0 aromatic carbocycles. The first-order chi connectivity index (χ1) is 10.2. The van der Waals surface area contributed by atoms with Crippen molar-refractivity contribution in [2.75, 3.05) is 6.61 Å². The Balaban J connectivity index is 2.75. The van der Waals surface area contributed by atoms with Crippen molar-refractivity contribution in [3.8, 4) is 0 Å². The highest BCUT2D eigenvalue weighted by Gasteiger charge is 2.44. The van der Waals surface area contributed by atoms with Crippen LogP contribution in [-0.2, 0) is 14.3 Å². The Kier molecular flexibility index (Phi) is 7.25. The first-order valence-corrected chi connectivity index (χ1v) is 6.70. The SMILES string of the molecule is C[C@@H]1O[C@H](O[C@H](C=O)[C@@H](O)[C@@H](O)[C@H](O)CO)[C@@H](O)[C@H](O)[C@@H]1O. The van der Waals surface area contributed by atoms with Crippen molar-refractivity contribution in [3.05, 3.63) is 0 Å². The standard InChI is InChI=1S/C12H22O10/c1-4-7(16)10(19)11(20)12(21-4)22-6(3-14)9(18)8(17)5(15)2-13/h3-13,15-20H,2H2,1H3/t4-,5+,6+,7+,8-,9+,10+,11-,12+/m0/s1. The number of carbonyl (C=O) groups is 1. The number of hydrogen-bond donors (Lipinski definition) is 7. The van der Waals surface area contributed by atoms with Crippen LogP contribution in [0.2, 0.25) is 0 Å². The summed E-state index contributed by atoms with van der Waals surface area (Å²) < 4.78 is 10.1. The minimum atomic E-state index is -1.91. The summed E-state index contributed by atoms with van der Waals surface area (Å²) in [7, 11) is 0. The van der Waals surface area contributed by atoms with E-state index in [1.165, 1.54) is 6.92 Å². The van der Waals surface area contributed by atoms with Crippen molar-refractivity contribution in [1.82, 2.24) is 0 Å². The van der Waals surface area contributed by atoms with Crippen LogP contribution >= 0.6 is 0 Å². The molecule has 130 valence electrons. The molecule has 9 atom stereocenters. The number of rotatable bonds is 7. The second-order valence-electron chi connectivity index (χ2n) is 5.15. The van der Waals surface area contributed by atoms with Gasteiger partial charge in [0.1, 0.15) is 42.7 Å². The molecule has 10 nitrogen and oxygen atoms in total. The Bertz CT molecular complexity index is 353. The van der Waals surface area contributed by atoms with Crippen molar-refractivity contribution < 1.29 is 50.0 Å². The molecule has 0 bridgehead atoms. The molecule has 1 fully saturated rings. The van der Waals surface area contributed by atoms with E-state index in [1.807, 2.05) is 0 Å². The van der Waals surface area contributed by atoms with Crippen molar-refractivity contribution in [3.63, 3.8) is 0 Å². The number of ether oxygens (including phenoxy) is 2. The van der Waals surface area contributed by atoms with E-state index in [0.29, 0.717) is 0 Å². The molecule has 1 rings (SSSR count). The lowest BCUT2D eigenvalue weighted by molar-refractivity contribution is -0.308. The molecule has 0 aromatic rings. The molecule has 1 aliphatic heterocycles. The van der Waals surface area contributed by atoms with Gasteiger partial charge in [-0.3, -0.25) is 0 Å². The van der Waals surface area contributed by atoms with Crippen molar-refractivity contribution in [2.24, 2.45) is 0 Å². The average Bonchev–Trinajstić information content (AvgIpc) is 2.52. The Labute approximate surface area is 126 Å². The van der Waals surface area contributed by atoms with Gasteiger partial charge >= 0.3 is 0 Å². The third-order valence-electron chi connectivity index (χ3n) is 3.50. The number of aliphatic hydroxyl groups is 7. The van der Waals surface area contributed by atoms with Crippen LogP contribution < -0.4 is 0 Å². The predicted molar refractivity (Wildman–Crippen MR) is 68.4 cm³/mol. The van der Waals surface area contributed by atoms with Gasteiger partial charge in [-0.2, -0.15) is 0 Å². The third-order valence-corrected chi connectivity index (χ3v) is 3.50. The van der Waals surface area contributed by atoms with Gasteiger partial charge in [-0.15, -0.1) is 0 Å². The number of carbonyl (C=O) groups excluding carboxylic acids is 1. The van der Waals surface area contributed by atoms with E-state index in [1.54, 1.807) is 0 Å². The molecule has 0 unspecified atom stereocenters. The number of aldehydes is 1. The van der Waals surface area contributed by atoms with Crippen LogP contribution in [0, 0.1) is 0 Å². The molecule has 0 saturated carbocycles. The fourth-order valence-electron chi connectivity index (χ4n) is 2.00. The molecule has 0 aliphatic carbocycles. The van der Waals surface area contributed by atoms with Crippen molar-refractivity contribution >= 4 is 6.29 Å². The van der Waals surface area contributed by atoms with Gasteiger partial charge in [0.05, 0.1) is 12.7 Å². The number of hydrogen-bond acceptors (Lipinski definition) is 10. The fourth-order valence-corrected chi connectivity index (χ4v) is 2.00. The molecule has 1 heterocycles. The summed E-state index contributed by atoms with van der Waals surface area (Å²) >= 11 is 0. The van der Waals surface area contributed by atoms with Crippen molar-refractivity contribution in [1.29, 1.82) is 0 Å². The van der Waals surface area contributed by atoms with E-state index in [4.69, 9.17) is 14.6 Å². The molecule has 1 aliphatic rings. The highest BCUT2D eigenvalue weighted by Crippen LogP contribution is 2.23. The molecule has 0 amide bonds. The van der Waals surface area contributed by atoms with Crippen LogP contribution in [0.3, 0.4) is 0 Å². The maximum atomic E-state index is 11.0. The van der Waals surface area contributed by atoms with Crippen LogP contribution in [-0.4, -0.2) is 104 Å². The normalized spacial score (nSPS) is 38.1. The van der Waals surface area contributed by atoms with Gasteiger partial charge in [-0.25, -0.2) is 0 Å². The third kappa shape index (κ3) is 4.19. The van der Waals surface area contributed by atoms with Gasteiger partial charge in [0, 0.05) is 0 Å². The lowest BCUT2D eigenvalue weighted by Gasteiger charge is -2.40. The van der Waals surface area contributed by atoms with Crippen LogP contribution in [0.15, 0.2) is 0 Å². The first kappa shape index (κ1) is 19.4. The summed E-state index contributed by atoms with van der Waals surface area (Å²) in [5.74, 6) is 0. The monoisotopic (exact) mass is 326 g/mol. The second-order valence-corrected chi connectivity index (χ2v) is 5.15. The molecule has 1 saturated heterocycles. The van der Waals surface area contributed by atoms with Gasteiger partial charge in [0.25, 0.3) is 0 Å². The Morgan fingerprint density at radius 2 is 1.68 bits per heavy atom. The van der Waals surface area contributed by atoms with Crippen LogP contribution in [0.25, 0.3) is 0 Å². The van der Waals surface area contributed by atoms with E-state index in [0.717, 1.165) is 0 Å². The smallest absolute Gasteiger partial charge is 0.187 e. The molecule has 0 radical (unpaired) electrons. The second kappa shape index (κ2) is 8.24. The highest BCUT2D eigenvalue weighted by atomic mass is 16.7. The molecule has 0 spiro atoms. The summed E-state index contributed by atoms with van der Waals surface area (Å²) in [6.07, 6.45) is -14.2. The molecular weight excluding hydrogens is 304 g/mol. The summed E-state index contributed by atoms with van der Waals surface area (Å²) in [5, 5.41) is 66.1. The van der Waals surface area contributed by atoms with Gasteiger partial charge in [0.15, 0.2) is 12.6 Å². The first-order valence-electron chi connectivity index (χ1n) is 6.70. The zero-order valence-electron chi connectivity index (χ0n) is 11.8. The lowest BCUT2D eigenvalue weighted by Crippen LogP contribution is -2.59. The van der Waals surface area contributed by atoms with E-state index < -0.39 is 61.7 Å². The Morgan fingerprint density at radius 3 is 2.18 bits per heavy atom. The van der Waals surface area contributed by atoms with E-state index in [9.17, 15) is 35.4 Å². The van der Waals surface area contributed by atoms with Crippen molar-refractivity contribution in [2.45, 2.75) is 62.0 Å². The minimum Gasteiger partial charge on any atom is -0.394 e. The van der Waals surface area contributed by atoms with Crippen LogP contribution in [0.1, 0.15) is 6.92 Å². The minimum absolute atomic E-state index is 0.107. The molecule has 22 heavy (non-hydrogen) atoms. The topological polar surface area (TPSA) is 177 Å². The van der Waals surface area contributed by atoms with E-state index >= 15 is 0 Å². The quantitative estimate of drug-likeness (QED) is 0.225. The maximum Gasteiger partial charge on any atom is 0.187 e. The van der Waals surface area contributed by atoms with Gasteiger partial charge < -0.3 is 50.0 Å². The predicted octanol–water partition coefficient (Wildman–Crippen LogP) is -4.53. The molecule has 7 N–H and O–H groups in total. The largest absolute Gasteiger partial charge is 0.394 e. The lowest BCUT2D eigenvalue weighted by atomic mass is 9.99. The zero-order valence-corrected chi connectivity index (χ0v) is 11.8. The number of aliphatic hydroxyl groups excluding tert-OH is 7.